The van der Waals surface area contributed by atoms with E-state index in [2.05, 4.69) is 207 Å². The van der Waals surface area contributed by atoms with Gasteiger partial charge in [0.25, 0.3) is 23.6 Å². The van der Waals surface area contributed by atoms with Gasteiger partial charge in [-0.15, -0.1) is 0 Å². The van der Waals surface area contributed by atoms with Crippen LogP contribution in [0.25, 0.3) is 0 Å². The van der Waals surface area contributed by atoms with E-state index in [0.29, 0.717) is 66.0 Å². The fourth-order valence-electron chi connectivity index (χ4n) is 8.86. The number of oxazole rings is 1. The Hall–Kier alpha value is -6.48. The van der Waals surface area contributed by atoms with E-state index in [4.69, 9.17) is 35.1 Å². The first-order valence-corrected chi connectivity index (χ1v) is 41.2. The molecule has 0 saturated heterocycles. The molecule has 0 saturated carbocycles. The fourth-order valence-corrected chi connectivity index (χ4v) is 8.86. The van der Waals surface area contributed by atoms with E-state index >= 15 is 0 Å². The van der Waals surface area contributed by atoms with E-state index in [0.717, 1.165) is 99.8 Å². The average Bonchev–Trinajstić information content (AvgIpc) is 1.68. The van der Waals surface area contributed by atoms with E-state index in [1.54, 1.807) is 6.20 Å². The molecule has 3 aromatic heterocycles. The molecule has 3 heterocycles. The number of aliphatic hydroxyl groups excluding tert-OH is 6. The first-order chi connectivity index (χ1) is 51.7. The number of pyridine rings is 1. The maximum absolute atomic E-state index is 11.7. The number of carbonyl (C=O) groups is 4. The van der Waals surface area contributed by atoms with E-state index in [9.17, 15) is 19.2 Å². The molecule has 2 aromatic carbocycles. The van der Waals surface area contributed by atoms with E-state index < -0.39 is 6.10 Å². The lowest BCUT2D eigenvalue weighted by atomic mass is 9.82. The summed E-state index contributed by atoms with van der Waals surface area (Å²) in [6.45, 7) is 65.8. The van der Waals surface area contributed by atoms with Crippen molar-refractivity contribution in [2.24, 2.45) is 67.5 Å². The predicted molar refractivity (Wildman–Crippen MR) is 469 cm³/mol. The third kappa shape index (κ3) is 83.0. The summed E-state index contributed by atoms with van der Waals surface area (Å²) >= 11 is 0. The van der Waals surface area contributed by atoms with Gasteiger partial charge in [0, 0.05) is 94.4 Å². The van der Waals surface area contributed by atoms with Crippen molar-refractivity contribution >= 4 is 23.6 Å². The van der Waals surface area contributed by atoms with E-state index in [1.165, 1.54) is 56.1 Å². The number of hydrogen-bond donors (Lipinski definition) is 10. The number of benzene rings is 2. The van der Waals surface area contributed by atoms with Gasteiger partial charge in [-0.05, 0) is 149 Å². The number of unbranched alkanes of at least 4 members (excludes halogenated alkanes) is 3. The molecule has 646 valence electrons. The van der Waals surface area contributed by atoms with Crippen LogP contribution in [-0.4, -0.2) is 140 Å². The second kappa shape index (κ2) is 64.8. The third-order valence-corrected chi connectivity index (χ3v) is 16.2. The molecule has 5 aromatic rings. The molecule has 2 atom stereocenters. The second-order valence-corrected chi connectivity index (χ2v) is 38.6. The number of hydrogen-bond acceptors (Lipinski definition) is 15. The zero-order valence-electron chi connectivity index (χ0n) is 76.2. The van der Waals surface area contributed by atoms with Crippen LogP contribution in [-0.2, 0) is 6.42 Å². The zero-order chi connectivity index (χ0) is 87.2. The molecule has 112 heavy (non-hydrogen) atoms. The van der Waals surface area contributed by atoms with Crippen LogP contribution in [0.15, 0.2) is 121 Å². The molecule has 4 amide bonds. The van der Waals surface area contributed by atoms with Crippen LogP contribution in [0.2, 0.25) is 0 Å². The lowest BCUT2D eigenvalue weighted by molar-refractivity contribution is 0.0612. The Bertz CT molecular complexity index is 2880. The van der Waals surface area contributed by atoms with Crippen molar-refractivity contribution in [2.75, 3.05) is 59.2 Å². The highest BCUT2D eigenvalue weighted by Gasteiger charge is 2.23. The summed E-state index contributed by atoms with van der Waals surface area (Å²) in [5.74, 6) is 2.45. The van der Waals surface area contributed by atoms with Crippen LogP contribution in [0.3, 0.4) is 0 Å². The number of aromatic nitrogens is 4. The highest BCUT2D eigenvalue weighted by Crippen LogP contribution is 2.26. The molecule has 10 N–H and O–H groups in total. The molecule has 0 aliphatic carbocycles. The molecular formula is C93H168N8O11. The average molecular weight is 1570 g/mol. The van der Waals surface area contributed by atoms with E-state index in [-0.39, 0.29) is 71.5 Å². The molecular weight excluding hydrogens is 1410 g/mol. The molecule has 0 radical (unpaired) electrons. The van der Waals surface area contributed by atoms with Gasteiger partial charge >= 0.3 is 5.91 Å². The van der Waals surface area contributed by atoms with E-state index in [1.807, 2.05) is 121 Å². The molecule has 0 aliphatic rings. The third-order valence-electron chi connectivity index (χ3n) is 16.2. The summed E-state index contributed by atoms with van der Waals surface area (Å²) in [4.78, 5) is 61.8. The molecule has 1 unspecified atom stereocenters. The minimum absolute atomic E-state index is 0.0116. The van der Waals surface area contributed by atoms with Crippen molar-refractivity contribution in [3.05, 3.63) is 145 Å². The van der Waals surface area contributed by atoms with Crippen LogP contribution < -0.4 is 21.3 Å². The quantitative estimate of drug-likeness (QED) is 0.0199. The largest absolute Gasteiger partial charge is 0.441 e. The Balaban J connectivity index is -0.000000385. The van der Waals surface area contributed by atoms with Gasteiger partial charge in [-0.3, -0.25) is 29.1 Å². The molecule has 0 spiro atoms. The van der Waals surface area contributed by atoms with Gasteiger partial charge in [0.2, 0.25) is 0 Å². The van der Waals surface area contributed by atoms with Gasteiger partial charge in [-0.1, -0.05) is 282 Å². The van der Waals surface area contributed by atoms with Gasteiger partial charge in [0.05, 0.1) is 25.1 Å². The standard InChI is InChI=1S/2C14H21NO.C12H19N3O.C11H18N2O2.C10H15N.2C7H16O2.C7H16O.C6H14O.C5H12/c1-14(2,3)10-7-11-15-13(16)12-8-5-4-6-9-12;1-12(2)8-6-7-11-15-14(16)13-9-4-3-5-10-13;1-10(2)5-3-4-6-15-12(16)11-9-13-7-8-14-11;1-9(2)5-3-4-6-12-10(14)11-13-7-8-15-11;1-10(2,3)7-9-5-4-6-11-8-9;1-7(2,3)6(4-8)5-9;1-7(2,3)4-6(9)5-8;1-6(5-8)7(2,3)4;1-6(2,3)4-5-7;1-5(2,3)4/h4-6,8-9H,7,10-11H2,1-3H3,(H,15,16);3-5,9-10,12H,6-8,11H2,1-2H3,(H,15,16);7-10H,3-6H2,1-2H3,(H,15,16);7-9H,3-6H2,1-2H3,(H,12,14);4-6,8H,7H2,1-3H3;2*6,8-9H,4-5H2,1-3H3;6,8H,5H2,1-4H3;7H,4-5H2,1-3H3;1-4H3/t;;;;;;;6-;;/m.......1../s1. The minimum atomic E-state index is -0.551. The van der Waals surface area contributed by atoms with Crippen molar-refractivity contribution < 1.29 is 54.2 Å². The minimum Gasteiger partial charge on any atom is -0.441 e. The van der Waals surface area contributed by atoms with Crippen LogP contribution in [0, 0.1) is 67.5 Å². The summed E-state index contributed by atoms with van der Waals surface area (Å²) in [7, 11) is 0. The predicted octanol–water partition coefficient (Wildman–Crippen LogP) is 20.0. The Kier molecular flexibility index (Phi) is 66.0. The number of nitrogens with zero attached hydrogens (tertiary/aromatic N) is 4. The first kappa shape index (κ1) is 114. The van der Waals surface area contributed by atoms with Crippen molar-refractivity contribution in [2.45, 2.75) is 297 Å². The van der Waals surface area contributed by atoms with Crippen LogP contribution in [0.4, 0.5) is 0 Å². The van der Waals surface area contributed by atoms with Crippen LogP contribution >= 0.6 is 0 Å². The molecule has 5 rings (SSSR count). The summed E-state index contributed by atoms with van der Waals surface area (Å²) in [6, 6.07) is 22.8. The lowest BCUT2D eigenvalue weighted by Gasteiger charge is -2.26. The zero-order valence-corrected chi connectivity index (χ0v) is 76.2. The van der Waals surface area contributed by atoms with Gasteiger partial charge in [-0.25, -0.2) is 9.97 Å². The Labute approximate surface area is 683 Å². The Morgan fingerprint density at radius 1 is 0.411 bits per heavy atom. The van der Waals surface area contributed by atoms with Crippen molar-refractivity contribution in [1.82, 2.24) is 41.2 Å². The number of amides is 4. The topological polar surface area (TPSA) is 302 Å². The van der Waals surface area contributed by atoms with Crippen molar-refractivity contribution in [3.63, 3.8) is 0 Å². The molecule has 0 fully saturated rings. The summed E-state index contributed by atoms with van der Waals surface area (Å²) in [5, 5.41) is 63.3. The summed E-state index contributed by atoms with van der Waals surface area (Å²) < 4.78 is 4.87. The van der Waals surface area contributed by atoms with Crippen LogP contribution in [0.1, 0.15) is 332 Å². The Morgan fingerprint density at radius 3 is 1.09 bits per heavy atom. The van der Waals surface area contributed by atoms with Gasteiger partial charge < -0.3 is 56.3 Å². The number of carbonyl (C=O) groups excluding carboxylic acids is 4. The summed E-state index contributed by atoms with van der Waals surface area (Å²) in [6.07, 6.45) is 25.6. The lowest BCUT2D eigenvalue weighted by Crippen LogP contribution is -2.26. The molecule has 19 nitrogen and oxygen atoms in total. The SMILES string of the molecule is CC(C)(C)C.CC(C)(C)C(CO)CO.CC(C)(C)CC(O)CO.CC(C)(C)CCCNC(=O)c1ccccc1.CC(C)(C)CCO.CC(C)(C)Cc1cccnc1.CC(C)CCCCNC(=O)c1ccccc1.CC(C)CCCCNC(=O)c1cnccn1.CC(C)CCCCNC(=O)c1ncco1.C[C@H](CO)C(C)(C)C. The molecule has 0 bridgehead atoms. The normalized spacial score (nSPS) is 11.8. The molecule has 19 heteroatoms. The second-order valence-electron chi connectivity index (χ2n) is 38.6. The smallest absolute Gasteiger partial charge is 0.307 e. The van der Waals surface area contributed by atoms with Crippen molar-refractivity contribution in [1.29, 1.82) is 0 Å². The van der Waals surface area contributed by atoms with Gasteiger partial charge in [0.1, 0.15) is 12.0 Å². The van der Waals surface area contributed by atoms with Crippen LogP contribution in [0.5, 0.6) is 0 Å². The maximum atomic E-state index is 11.7. The Morgan fingerprint density at radius 2 is 0.821 bits per heavy atom. The molecule has 0 aliphatic heterocycles. The maximum Gasteiger partial charge on any atom is 0.307 e. The number of nitrogens with one attached hydrogen (secondary N) is 4. The number of aliphatic hydroxyl groups is 6. The first-order valence-electron chi connectivity index (χ1n) is 41.2. The monoisotopic (exact) mass is 1570 g/mol. The van der Waals surface area contributed by atoms with Gasteiger partial charge in [-0.2, -0.15) is 0 Å². The summed E-state index contributed by atoms with van der Waals surface area (Å²) in [5.41, 5.74) is 5.08. The highest BCUT2D eigenvalue weighted by molar-refractivity contribution is 5.94. The van der Waals surface area contributed by atoms with Gasteiger partial charge in [0.15, 0.2) is 0 Å². The number of rotatable bonds is 29. The highest BCUT2D eigenvalue weighted by atomic mass is 16.4. The fraction of sp³-hybridized carbons (Fsp3) is 0.699. The van der Waals surface area contributed by atoms with Crippen molar-refractivity contribution in [3.8, 4) is 0 Å².